The molecule has 0 radical (unpaired) electrons. The number of ether oxygens (including phenoxy) is 1. The van der Waals surface area contributed by atoms with E-state index in [0.717, 1.165) is 25.0 Å². The van der Waals surface area contributed by atoms with Crippen molar-refractivity contribution < 1.29 is 9.53 Å². The molecular formula is C18H23BrN2O2. The van der Waals surface area contributed by atoms with Crippen LogP contribution in [0.2, 0.25) is 0 Å². The number of aromatic nitrogens is 2. The average molecular weight is 379 g/mol. The Morgan fingerprint density at radius 1 is 1.26 bits per heavy atom. The zero-order chi connectivity index (χ0) is 16.9. The Balaban J connectivity index is 1.83. The van der Waals surface area contributed by atoms with E-state index < -0.39 is 11.7 Å². The highest BCUT2D eigenvalue weighted by atomic mass is 79.9. The third-order valence-corrected chi connectivity index (χ3v) is 4.02. The van der Waals surface area contributed by atoms with Crippen molar-refractivity contribution in [2.75, 3.05) is 0 Å². The molecule has 0 saturated carbocycles. The minimum atomic E-state index is -0.514. The molecule has 0 bridgehead atoms. The highest BCUT2D eigenvalue weighted by Crippen LogP contribution is 2.16. The van der Waals surface area contributed by atoms with Gasteiger partial charge in [-0.05, 0) is 51.7 Å². The van der Waals surface area contributed by atoms with E-state index in [1.165, 1.54) is 10.2 Å². The Morgan fingerprint density at radius 3 is 2.61 bits per heavy atom. The maximum atomic E-state index is 11.9. The van der Waals surface area contributed by atoms with Gasteiger partial charge in [-0.25, -0.2) is 4.79 Å². The molecule has 124 valence electrons. The fourth-order valence-electron chi connectivity index (χ4n) is 2.18. The number of alkyl halides is 1. The van der Waals surface area contributed by atoms with Gasteiger partial charge in [-0.15, -0.1) is 0 Å². The molecular weight excluding hydrogens is 356 g/mol. The molecule has 5 heteroatoms. The van der Waals surface area contributed by atoms with Gasteiger partial charge in [0.15, 0.2) is 0 Å². The molecule has 2 aromatic rings. The lowest BCUT2D eigenvalue weighted by Crippen LogP contribution is -2.27. The molecule has 0 N–H and O–H groups in total. The summed E-state index contributed by atoms with van der Waals surface area (Å²) in [6, 6.07) is 12.3. The number of hydrogen-bond donors (Lipinski definition) is 0. The lowest BCUT2D eigenvalue weighted by molar-refractivity contribution is 0.0514. The number of benzene rings is 1. The molecule has 0 fully saturated rings. The first-order valence-electron chi connectivity index (χ1n) is 7.79. The second-order valence-electron chi connectivity index (χ2n) is 6.56. The van der Waals surface area contributed by atoms with Crippen LogP contribution < -0.4 is 0 Å². The van der Waals surface area contributed by atoms with Crippen LogP contribution in [0.1, 0.15) is 38.4 Å². The van der Waals surface area contributed by atoms with Crippen molar-refractivity contribution in [1.82, 2.24) is 9.78 Å². The number of halogens is 1. The maximum absolute atomic E-state index is 11.9. The minimum absolute atomic E-state index is 0.386. The number of carbonyl (C=O) groups is 1. The fourth-order valence-corrected chi connectivity index (χ4v) is 2.78. The zero-order valence-electron chi connectivity index (χ0n) is 13.8. The molecule has 0 aliphatic rings. The predicted octanol–water partition coefficient (Wildman–Crippen LogP) is 4.61. The number of aryl methyl sites for hydroxylation is 1. The highest BCUT2D eigenvalue weighted by Gasteiger charge is 2.18. The van der Waals surface area contributed by atoms with Crippen LogP contribution in [0.3, 0.4) is 0 Å². The molecule has 1 aromatic carbocycles. The summed E-state index contributed by atoms with van der Waals surface area (Å²) in [7, 11) is 0. The molecule has 0 aliphatic heterocycles. The molecule has 1 aromatic heterocycles. The molecule has 1 atom stereocenters. The topological polar surface area (TPSA) is 44.1 Å². The van der Waals surface area contributed by atoms with Crippen LogP contribution in [0.4, 0.5) is 4.79 Å². The van der Waals surface area contributed by atoms with Crippen molar-refractivity contribution in [2.45, 2.75) is 50.5 Å². The standard InChI is InChI=1S/C18H23BrN2O2/c1-18(2,3)23-17(22)21-12-11-16(20-21)10-9-15(19)13-14-7-5-4-6-8-14/h4-8,11-12,15H,9-10,13H2,1-3H3. The summed E-state index contributed by atoms with van der Waals surface area (Å²) in [5.41, 5.74) is 1.70. The van der Waals surface area contributed by atoms with E-state index in [4.69, 9.17) is 4.74 Å². The van der Waals surface area contributed by atoms with E-state index in [1.807, 2.05) is 32.9 Å². The van der Waals surface area contributed by atoms with Gasteiger partial charge >= 0.3 is 6.09 Å². The van der Waals surface area contributed by atoms with Crippen molar-refractivity contribution >= 4 is 22.0 Å². The van der Waals surface area contributed by atoms with Crippen molar-refractivity contribution in [2.24, 2.45) is 0 Å². The molecule has 0 saturated heterocycles. The van der Waals surface area contributed by atoms with E-state index in [-0.39, 0.29) is 0 Å². The van der Waals surface area contributed by atoms with E-state index in [2.05, 4.69) is 45.3 Å². The average Bonchev–Trinajstić information content (AvgIpc) is 2.93. The SMILES string of the molecule is CC(C)(C)OC(=O)n1ccc(CCC(Br)Cc2ccccc2)n1. The van der Waals surface area contributed by atoms with Crippen LogP contribution in [0.5, 0.6) is 0 Å². The van der Waals surface area contributed by atoms with Gasteiger partial charge in [0.05, 0.1) is 5.69 Å². The number of hydrogen-bond acceptors (Lipinski definition) is 3. The quantitative estimate of drug-likeness (QED) is 0.713. The van der Waals surface area contributed by atoms with E-state index >= 15 is 0 Å². The van der Waals surface area contributed by atoms with Crippen molar-refractivity contribution in [3.63, 3.8) is 0 Å². The van der Waals surface area contributed by atoms with Gasteiger partial charge in [0, 0.05) is 11.0 Å². The minimum Gasteiger partial charge on any atom is -0.442 e. The molecule has 0 aliphatic carbocycles. The van der Waals surface area contributed by atoms with E-state index in [1.54, 1.807) is 6.20 Å². The second kappa shape index (κ2) is 7.77. The first kappa shape index (κ1) is 17.7. The van der Waals surface area contributed by atoms with E-state index in [9.17, 15) is 4.79 Å². The van der Waals surface area contributed by atoms with Gasteiger partial charge in [-0.3, -0.25) is 0 Å². The molecule has 0 spiro atoms. The van der Waals surface area contributed by atoms with Gasteiger partial charge in [0.1, 0.15) is 5.60 Å². The summed E-state index contributed by atoms with van der Waals surface area (Å²) in [6.07, 6.45) is 3.97. The van der Waals surface area contributed by atoms with Crippen LogP contribution in [0.15, 0.2) is 42.6 Å². The third-order valence-electron chi connectivity index (χ3n) is 3.24. The Bertz CT molecular complexity index is 632. The maximum Gasteiger partial charge on any atom is 0.435 e. The number of rotatable bonds is 5. The van der Waals surface area contributed by atoms with Crippen LogP contribution in [0, 0.1) is 0 Å². The summed E-state index contributed by atoms with van der Waals surface area (Å²) in [6.45, 7) is 5.52. The molecule has 1 unspecified atom stereocenters. The Hall–Kier alpha value is -1.62. The second-order valence-corrected chi connectivity index (χ2v) is 7.85. The first-order valence-corrected chi connectivity index (χ1v) is 8.71. The third kappa shape index (κ3) is 6.18. The molecule has 23 heavy (non-hydrogen) atoms. The van der Waals surface area contributed by atoms with Gasteiger partial charge < -0.3 is 4.74 Å². The fraction of sp³-hybridized carbons (Fsp3) is 0.444. The Morgan fingerprint density at radius 2 is 1.96 bits per heavy atom. The summed E-state index contributed by atoms with van der Waals surface area (Å²) >= 11 is 3.72. The van der Waals surface area contributed by atoms with Crippen molar-refractivity contribution in [1.29, 1.82) is 0 Å². The van der Waals surface area contributed by atoms with Crippen LogP contribution >= 0.6 is 15.9 Å². The van der Waals surface area contributed by atoms with Crippen molar-refractivity contribution in [3.8, 4) is 0 Å². The summed E-state index contributed by atoms with van der Waals surface area (Å²) in [5.74, 6) is 0. The van der Waals surface area contributed by atoms with Gasteiger partial charge in [-0.2, -0.15) is 9.78 Å². The normalized spacial score (nSPS) is 12.9. The van der Waals surface area contributed by atoms with Crippen LogP contribution in [-0.4, -0.2) is 26.3 Å². The summed E-state index contributed by atoms with van der Waals surface area (Å²) < 4.78 is 6.56. The molecule has 2 rings (SSSR count). The number of carbonyl (C=O) groups excluding carboxylic acids is 1. The highest BCUT2D eigenvalue weighted by molar-refractivity contribution is 9.09. The molecule has 1 heterocycles. The smallest absolute Gasteiger partial charge is 0.435 e. The summed E-state index contributed by atoms with van der Waals surface area (Å²) in [5, 5.41) is 4.29. The van der Waals surface area contributed by atoms with E-state index in [0.29, 0.717) is 4.83 Å². The van der Waals surface area contributed by atoms with Crippen molar-refractivity contribution in [3.05, 3.63) is 53.9 Å². The first-order chi connectivity index (χ1) is 10.8. The lowest BCUT2D eigenvalue weighted by Gasteiger charge is -2.18. The lowest BCUT2D eigenvalue weighted by atomic mass is 10.1. The van der Waals surface area contributed by atoms with Crippen LogP contribution in [-0.2, 0) is 17.6 Å². The van der Waals surface area contributed by atoms with Gasteiger partial charge in [0.2, 0.25) is 0 Å². The van der Waals surface area contributed by atoms with Gasteiger partial charge in [0.25, 0.3) is 0 Å². The number of nitrogens with zero attached hydrogens (tertiary/aromatic N) is 2. The Kier molecular flexibility index (Phi) is 5.99. The largest absolute Gasteiger partial charge is 0.442 e. The molecule has 4 nitrogen and oxygen atoms in total. The monoisotopic (exact) mass is 378 g/mol. The molecule has 0 amide bonds. The van der Waals surface area contributed by atoms with Gasteiger partial charge in [-0.1, -0.05) is 46.3 Å². The zero-order valence-corrected chi connectivity index (χ0v) is 15.4. The van der Waals surface area contributed by atoms with Crippen LogP contribution in [0.25, 0.3) is 0 Å². The predicted molar refractivity (Wildman–Crippen MR) is 95.0 cm³/mol. The summed E-state index contributed by atoms with van der Waals surface area (Å²) in [4.78, 5) is 12.3. The Labute approximate surface area is 146 Å².